The lowest BCUT2D eigenvalue weighted by Gasteiger charge is -2.44. The lowest BCUT2D eigenvalue weighted by Crippen LogP contribution is -2.53. The van der Waals surface area contributed by atoms with Crippen molar-refractivity contribution >= 4 is 17.5 Å². The quantitative estimate of drug-likeness (QED) is 0.495. The molecular formula is C31H42FN3O2. The van der Waals surface area contributed by atoms with Gasteiger partial charge in [-0.2, -0.15) is 0 Å². The van der Waals surface area contributed by atoms with Crippen LogP contribution in [0, 0.1) is 11.7 Å². The third-order valence-electron chi connectivity index (χ3n) is 7.96. The van der Waals surface area contributed by atoms with Crippen LogP contribution in [0.4, 0.5) is 10.1 Å². The Balaban J connectivity index is 1.70. The van der Waals surface area contributed by atoms with Gasteiger partial charge in [-0.25, -0.2) is 4.39 Å². The molecule has 2 aliphatic heterocycles. The minimum atomic E-state index is -0.296. The van der Waals surface area contributed by atoms with Gasteiger partial charge in [0.1, 0.15) is 5.82 Å². The van der Waals surface area contributed by atoms with Crippen LogP contribution in [-0.4, -0.2) is 53.3 Å². The van der Waals surface area contributed by atoms with Gasteiger partial charge in [0.2, 0.25) is 11.8 Å². The summed E-state index contributed by atoms with van der Waals surface area (Å²) in [6.07, 6.45) is 6.10. The summed E-state index contributed by atoms with van der Waals surface area (Å²) in [7, 11) is 0. The SMILES string of the molecule is CCC(=O)N1CCC2CCCC(CN(C(=O)Cc3ccc(F)cc3)Cc3ccccc31)N2CCC(C)C. The monoisotopic (exact) mass is 507 g/mol. The van der Waals surface area contributed by atoms with Crippen molar-refractivity contribution in [3.05, 3.63) is 65.5 Å². The predicted octanol–water partition coefficient (Wildman–Crippen LogP) is 5.81. The summed E-state index contributed by atoms with van der Waals surface area (Å²) in [5.41, 5.74) is 2.73. The molecule has 2 aromatic carbocycles. The van der Waals surface area contributed by atoms with Gasteiger partial charge in [-0.3, -0.25) is 14.5 Å². The van der Waals surface area contributed by atoms with E-state index in [9.17, 15) is 14.0 Å². The Morgan fingerprint density at radius 2 is 1.70 bits per heavy atom. The number of fused-ring (bicyclic) bond motifs is 3. The Morgan fingerprint density at radius 1 is 0.973 bits per heavy atom. The molecule has 0 aliphatic carbocycles. The predicted molar refractivity (Wildman–Crippen MR) is 147 cm³/mol. The molecule has 200 valence electrons. The van der Waals surface area contributed by atoms with Crippen LogP contribution in [0.5, 0.6) is 0 Å². The van der Waals surface area contributed by atoms with Gasteiger partial charge in [0.25, 0.3) is 0 Å². The summed E-state index contributed by atoms with van der Waals surface area (Å²) in [4.78, 5) is 33.5. The fraction of sp³-hybridized carbons (Fsp3) is 0.548. The molecule has 0 saturated carbocycles. The molecule has 1 fully saturated rings. The smallest absolute Gasteiger partial charge is 0.227 e. The van der Waals surface area contributed by atoms with Gasteiger partial charge in [0.15, 0.2) is 0 Å². The van der Waals surface area contributed by atoms with Crippen molar-refractivity contribution in [1.29, 1.82) is 0 Å². The van der Waals surface area contributed by atoms with E-state index in [1.807, 2.05) is 41.0 Å². The number of carbonyl (C=O) groups excluding carboxylic acids is 2. The zero-order valence-electron chi connectivity index (χ0n) is 22.7. The van der Waals surface area contributed by atoms with Crippen LogP contribution in [0.1, 0.15) is 70.4 Å². The molecule has 0 spiro atoms. The van der Waals surface area contributed by atoms with Crippen LogP contribution in [0.25, 0.3) is 0 Å². The zero-order valence-corrected chi connectivity index (χ0v) is 22.7. The maximum Gasteiger partial charge on any atom is 0.227 e. The number of nitrogens with zero attached hydrogens (tertiary/aromatic N) is 3. The molecule has 0 radical (unpaired) electrons. The van der Waals surface area contributed by atoms with Gasteiger partial charge >= 0.3 is 0 Å². The van der Waals surface area contributed by atoms with E-state index in [1.165, 1.54) is 12.1 Å². The largest absolute Gasteiger partial charge is 0.336 e. The first-order valence-corrected chi connectivity index (χ1v) is 14.0. The first kappa shape index (κ1) is 27.3. The molecule has 2 aliphatic rings. The second-order valence-corrected chi connectivity index (χ2v) is 11.1. The number of amides is 2. The van der Waals surface area contributed by atoms with Crippen LogP contribution in [0.15, 0.2) is 48.5 Å². The van der Waals surface area contributed by atoms with Crippen molar-refractivity contribution in [3.63, 3.8) is 0 Å². The standard InChI is InChI=1S/C31H42FN3O2/c1-4-30(36)35-19-17-27-9-7-10-28(34(27)18-16-23(2)3)22-33(21-25-8-5-6-11-29(25)35)31(37)20-24-12-14-26(32)15-13-24/h5-6,8,11-15,23,27-28H,4,7,9-10,16-22H2,1-3H3. The third-order valence-corrected chi connectivity index (χ3v) is 7.96. The van der Waals surface area contributed by atoms with Crippen molar-refractivity contribution in [2.24, 2.45) is 5.92 Å². The molecule has 1 saturated heterocycles. The minimum absolute atomic E-state index is 0.0416. The van der Waals surface area contributed by atoms with Crippen LogP contribution in [0.3, 0.4) is 0 Å². The Labute approximate surface area is 221 Å². The summed E-state index contributed by atoms with van der Waals surface area (Å²) < 4.78 is 13.5. The van der Waals surface area contributed by atoms with Gasteiger partial charge in [-0.05, 0) is 67.5 Å². The lowest BCUT2D eigenvalue weighted by atomic mass is 9.92. The molecule has 4 rings (SSSR count). The van der Waals surface area contributed by atoms with E-state index in [2.05, 4.69) is 18.7 Å². The van der Waals surface area contributed by atoms with Gasteiger partial charge in [0, 0.05) is 43.8 Å². The molecule has 2 bridgehead atoms. The normalized spacial score (nSPS) is 20.9. The summed E-state index contributed by atoms with van der Waals surface area (Å²) in [6.45, 7) is 9.29. The Bertz CT molecular complexity index is 1050. The number of hydrogen-bond acceptors (Lipinski definition) is 3. The van der Waals surface area contributed by atoms with Gasteiger partial charge < -0.3 is 9.80 Å². The first-order valence-electron chi connectivity index (χ1n) is 14.0. The Kier molecular flexibility index (Phi) is 9.36. The number of halogens is 1. The summed E-state index contributed by atoms with van der Waals surface area (Å²) in [6, 6.07) is 15.0. The molecule has 2 amide bonds. The molecule has 37 heavy (non-hydrogen) atoms. The Hall–Kier alpha value is -2.73. The topological polar surface area (TPSA) is 43.9 Å². The number of benzene rings is 2. The van der Waals surface area contributed by atoms with Gasteiger partial charge in [-0.15, -0.1) is 0 Å². The summed E-state index contributed by atoms with van der Waals surface area (Å²) >= 11 is 0. The number of carbonyl (C=O) groups is 2. The third kappa shape index (κ3) is 6.98. The first-order chi connectivity index (χ1) is 17.9. The minimum Gasteiger partial charge on any atom is -0.336 e. The van der Waals surface area contributed by atoms with Crippen molar-refractivity contribution in [2.75, 3.05) is 24.5 Å². The van der Waals surface area contributed by atoms with Crippen molar-refractivity contribution < 1.29 is 14.0 Å². The molecule has 0 N–H and O–H groups in total. The molecular weight excluding hydrogens is 465 g/mol. The lowest BCUT2D eigenvalue weighted by molar-refractivity contribution is -0.132. The molecule has 2 heterocycles. The maximum absolute atomic E-state index is 13.7. The van der Waals surface area contributed by atoms with Crippen molar-refractivity contribution in [3.8, 4) is 0 Å². The molecule has 2 atom stereocenters. The number of para-hydroxylation sites is 1. The van der Waals surface area contributed by atoms with E-state index >= 15 is 0 Å². The van der Waals surface area contributed by atoms with Crippen LogP contribution < -0.4 is 4.90 Å². The van der Waals surface area contributed by atoms with E-state index in [-0.39, 0.29) is 24.1 Å². The highest BCUT2D eigenvalue weighted by Gasteiger charge is 2.34. The maximum atomic E-state index is 13.7. The van der Waals surface area contributed by atoms with E-state index in [4.69, 9.17) is 0 Å². The Morgan fingerprint density at radius 3 is 2.43 bits per heavy atom. The highest BCUT2D eigenvalue weighted by atomic mass is 19.1. The number of anilines is 1. The highest BCUT2D eigenvalue weighted by Crippen LogP contribution is 2.31. The van der Waals surface area contributed by atoms with Crippen molar-refractivity contribution in [2.45, 2.75) is 84.3 Å². The van der Waals surface area contributed by atoms with Gasteiger partial charge in [0.05, 0.1) is 6.42 Å². The van der Waals surface area contributed by atoms with E-state index in [0.717, 1.165) is 55.5 Å². The molecule has 0 aromatic heterocycles. The summed E-state index contributed by atoms with van der Waals surface area (Å²) in [5.74, 6) is 0.476. The van der Waals surface area contributed by atoms with E-state index in [1.54, 1.807) is 12.1 Å². The molecule has 2 aromatic rings. The van der Waals surface area contributed by atoms with E-state index < -0.39 is 0 Å². The van der Waals surface area contributed by atoms with Crippen LogP contribution in [0.2, 0.25) is 0 Å². The molecule has 5 nitrogen and oxygen atoms in total. The fourth-order valence-corrected chi connectivity index (χ4v) is 5.86. The van der Waals surface area contributed by atoms with E-state index in [0.29, 0.717) is 44.1 Å². The second kappa shape index (κ2) is 12.7. The van der Waals surface area contributed by atoms with Crippen molar-refractivity contribution in [1.82, 2.24) is 9.80 Å². The molecule has 2 unspecified atom stereocenters. The highest BCUT2D eigenvalue weighted by molar-refractivity contribution is 5.94. The summed E-state index contributed by atoms with van der Waals surface area (Å²) in [5, 5.41) is 0. The fourth-order valence-electron chi connectivity index (χ4n) is 5.86. The number of hydrogen-bond donors (Lipinski definition) is 0. The number of rotatable bonds is 6. The second-order valence-electron chi connectivity index (χ2n) is 11.1. The van der Waals surface area contributed by atoms with Crippen LogP contribution >= 0.6 is 0 Å². The average molecular weight is 508 g/mol. The molecule has 6 heteroatoms. The number of piperidine rings is 1. The zero-order chi connectivity index (χ0) is 26.4. The average Bonchev–Trinajstić information content (AvgIpc) is 2.90. The van der Waals surface area contributed by atoms with Crippen LogP contribution in [-0.2, 0) is 22.6 Å². The van der Waals surface area contributed by atoms with Gasteiger partial charge in [-0.1, -0.05) is 57.5 Å².